The molecule has 0 radical (unpaired) electrons. The van der Waals surface area contributed by atoms with Crippen LogP contribution in [0, 0.1) is 0 Å². The SMILES string of the molecule is CN=C1CCC(c2cnc(-c3ccc(NC(=O)OC)cc3)[nH]2)N1C. The molecule has 0 spiro atoms. The van der Waals surface area contributed by atoms with Crippen LogP contribution in [0.25, 0.3) is 11.4 Å². The Bertz CT molecular complexity index is 751. The van der Waals surface area contributed by atoms with Crippen molar-refractivity contribution in [1.82, 2.24) is 14.9 Å². The van der Waals surface area contributed by atoms with Gasteiger partial charge in [-0.2, -0.15) is 0 Å². The molecule has 1 atom stereocenters. The van der Waals surface area contributed by atoms with Crippen molar-refractivity contribution in [2.24, 2.45) is 4.99 Å². The lowest BCUT2D eigenvalue weighted by molar-refractivity contribution is 0.187. The number of aromatic amines is 1. The Morgan fingerprint density at radius 2 is 2.17 bits per heavy atom. The van der Waals surface area contributed by atoms with Crippen LogP contribution in [0.3, 0.4) is 0 Å². The standard InChI is InChI=1S/C17H21N5O2/c1-18-15-9-8-14(22(15)2)13-10-19-16(21-13)11-4-6-12(7-5-11)20-17(23)24-3/h4-7,10,14H,8-9H2,1-3H3,(H,19,21)(H,20,23). The summed E-state index contributed by atoms with van der Waals surface area (Å²) in [6.45, 7) is 0. The van der Waals surface area contributed by atoms with Gasteiger partial charge in [-0.1, -0.05) is 0 Å². The van der Waals surface area contributed by atoms with Gasteiger partial charge in [-0.05, 0) is 30.7 Å². The zero-order valence-corrected chi connectivity index (χ0v) is 14.0. The molecule has 1 unspecified atom stereocenters. The van der Waals surface area contributed by atoms with Gasteiger partial charge in [-0.15, -0.1) is 0 Å². The van der Waals surface area contributed by atoms with Gasteiger partial charge in [0.25, 0.3) is 0 Å². The second-order valence-corrected chi connectivity index (χ2v) is 5.69. The van der Waals surface area contributed by atoms with Crippen LogP contribution in [-0.2, 0) is 4.74 Å². The number of likely N-dealkylation sites (tertiary alicyclic amines) is 1. The number of benzene rings is 1. The maximum atomic E-state index is 11.2. The van der Waals surface area contributed by atoms with E-state index in [0.717, 1.165) is 35.8 Å². The quantitative estimate of drug-likeness (QED) is 0.907. The number of aromatic nitrogens is 2. The number of hydrogen-bond donors (Lipinski definition) is 2. The van der Waals surface area contributed by atoms with E-state index in [4.69, 9.17) is 0 Å². The molecule has 2 N–H and O–H groups in total. The summed E-state index contributed by atoms with van der Waals surface area (Å²) < 4.78 is 4.57. The number of nitrogens with zero attached hydrogens (tertiary/aromatic N) is 3. The van der Waals surface area contributed by atoms with Crippen molar-refractivity contribution in [1.29, 1.82) is 0 Å². The topological polar surface area (TPSA) is 82.6 Å². The fourth-order valence-electron chi connectivity index (χ4n) is 2.98. The summed E-state index contributed by atoms with van der Waals surface area (Å²) in [5.74, 6) is 1.93. The zero-order chi connectivity index (χ0) is 17.1. The van der Waals surface area contributed by atoms with Crippen LogP contribution < -0.4 is 5.32 Å². The highest BCUT2D eigenvalue weighted by molar-refractivity contribution is 5.85. The number of hydrogen-bond acceptors (Lipinski definition) is 4. The van der Waals surface area contributed by atoms with E-state index in [1.54, 1.807) is 0 Å². The number of nitrogens with one attached hydrogen (secondary N) is 2. The Morgan fingerprint density at radius 3 is 2.79 bits per heavy atom. The predicted molar refractivity (Wildman–Crippen MR) is 93.1 cm³/mol. The number of methoxy groups -OCH3 is 1. The monoisotopic (exact) mass is 327 g/mol. The number of carbonyl (C=O) groups excluding carboxylic acids is 1. The van der Waals surface area contributed by atoms with Gasteiger partial charge in [0, 0.05) is 31.8 Å². The second kappa shape index (κ2) is 6.74. The molecule has 0 bridgehead atoms. The number of carbonyl (C=O) groups is 1. The average Bonchev–Trinajstić information content (AvgIpc) is 3.21. The fraction of sp³-hybridized carbons (Fsp3) is 0.353. The highest BCUT2D eigenvalue weighted by Crippen LogP contribution is 2.32. The van der Waals surface area contributed by atoms with E-state index in [2.05, 4.69) is 37.0 Å². The highest BCUT2D eigenvalue weighted by Gasteiger charge is 2.28. The summed E-state index contributed by atoms with van der Waals surface area (Å²) in [5, 5.41) is 2.63. The second-order valence-electron chi connectivity index (χ2n) is 5.69. The molecule has 0 saturated carbocycles. The van der Waals surface area contributed by atoms with Crippen molar-refractivity contribution in [3.8, 4) is 11.4 Å². The van der Waals surface area contributed by atoms with E-state index >= 15 is 0 Å². The number of H-pyrrole nitrogens is 1. The summed E-state index contributed by atoms with van der Waals surface area (Å²) >= 11 is 0. The van der Waals surface area contributed by atoms with Crippen LogP contribution in [0.5, 0.6) is 0 Å². The van der Waals surface area contributed by atoms with Crippen LogP contribution in [-0.4, -0.2) is 48.0 Å². The molecule has 0 aliphatic carbocycles. The molecule has 3 rings (SSSR count). The molecule has 1 aliphatic heterocycles. The van der Waals surface area contributed by atoms with Gasteiger partial charge in [0.2, 0.25) is 0 Å². The lowest BCUT2D eigenvalue weighted by atomic mass is 10.1. The maximum Gasteiger partial charge on any atom is 0.411 e. The van der Waals surface area contributed by atoms with Gasteiger partial charge < -0.3 is 14.6 Å². The molecule has 2 aromatic rings. The number of rotatable bonds is 3. The van der Waals surface area contributed by atoms with Gasteiger partial charge in [0.15, 0.2) is 0 Å². The van der Waals surface area contributed by atoms with Crippen LogP contribution in [0.4, 0.5) is 10.5 Å². The van der Waals surface area contributed by atoms with Crippen molar-refractivity contribution < 1.29 is 9.53 Å². The number of imidazole rings is 1. The van der Waals surface area contributed by atoms with Crippen molar-refractivity contribution in [3.63, 3.8) is 0 Å². The van der Waals surface area contributed by atoms with Crippen molar-refractivity contribution in [2.75, 3.05) is 26.5 Å². The lowest BCUT2D eigenvalue weighted by Crippen LogP contribution is -2.23. The average molecular weight is 327 g/mol. The lowest BCUT2D eigenvalue weighted by Gasteiger charge is -2.20. The first-order valence-electron chi connectivity index (χ1n) is 7.81. The van der Waals surface area contributed by atoms with Crippen molar-refractivity contribution in [3.05, 3.63) is 36.2 Å². The molecule has 126 valence electrons. The molecular weight excluding hydrogens is 306 g/mol. The Kier molecular flexibility index (Phi) is 4.50. The van der Waals surface area contributed by atoms with Gasteiger partial charge in [-0.3, -0.25) is 10.3 Å². The predicted octanol–water partition coefficient (Wildman–Crippen LogP) is 3.05. The molecule has 1 aromatic heterocycles. The van der Waals surface area contributed by atoms with Gasteiger partial charge in [0.1, 0.15) is 5.82 Å². The van der Waals surface area contributed by atoms with Gasteiger partial charge in [0.05, 0.1) is 30.9 Å². The number of aliphatic imine (C=N–C) groups is 1. The van der Waals surface area contributed by atoms with Gasteiger partial charge >= 0.3 is 6.09 Å². The highest BCUT2D eigenvalue weighted by atomic mass is 16.5. The van der Waals surface area contributed by atoms with Crippen LogP contribution >= 0.6 is 0 Å². The molecule has 1 amide bonds. The Balaban J connectivity index is 1.75. The minimum Gasteiger partial charge on any atom is -0.453 e. The van der Waals surface area contributed by atoms with Crippen LogP contribution in [0.1, 0.15) is 24.6 Å². The summed E-state index contributed by atoms with van der Waals surface area (Å²) in [4.78, 5) is 25.6. The summed E-state index contributed by atoms with van der Waals surface area (Å²) in [6, 6.07) is 7.73. The first-order valence-corrected chi connectivity index (χ1v) is 7.81. The number of anilines is 1. The largest absolute Gasteiger partial charge is 0.453 e. The molecule has 1 fully saturated rings. The molecular formula is C17H21N5O2. The minimum atomic E-state index is -0.485. The van der Waals surface area contributed by atoms with Crippen molar-refractivity contribution in [2.45, 2.75) is 18.9 Å². The van der Waals surface area contributed by atoms with E-state index in [9.17, 15) is 4.79 Å². The summed E-state index contributed by atoms with van der Waals surface area (Å²) in [6.07, 6.45) is 3.42. The first-order chi connectivity index (χ1) is 11.6. The minimum absolute atomic E-state index is 0.283. The molecule has 1 aromatic carbocycles. The van der Waals surface area contributed by atoms with E-state index in [1.165, 1.54) is 7.11 Å². The third-order valence-corrected chi connectivity index (χ3v) is 4.32. The Morgan fingerprint density at radius 1 is 1.42 bits per heavy atom. The number of amides is 1. The maximum absolute atomic E-state index is 11.2. The molecule has 7 nitrogen and oxygen atoms in total. The molecule has 1 aliphatic rings. The Labute approximate surface area is 140 Å². The summed E-state index contributed by atoms with van der Waals surface area (Å²) in [7, 11) is 5.23. The van der Waals surface area contributed by atoms with Crippen LogP contribution in [0.2, 0.25) is 0 Å². The third-order valence-electron chi connectivity index (χ3n) is 4.32. The number of ether oxygens (including phenoxy) is 1. The van der Waals surface area contributed by atoms with E-state index in [1.807, 2.05) is 37.5 Å². The molecule has 1 saturated heterocycles. The fourth-order valence-corrected chi connectivity index (χ4v) is 2.98. The number of amidine groups is 1. The third kappa shape index (κ3) is 3.10. The van der Waals surface area contributed by atoms with Crippen LogP contribution in [0.15, 0.2) is 35.5 Å². The normalized spacial score (nSPS) is 18.9. The smallest absolute Gasteiger partial charge is 0.411 e. The van der Waals surface area contributed by atoms with Crippen molar-refractivity contribution >= 4 is 17.6 Å². The Hall–Kier alpha value is -2.83. The molecule has 2 heterocycles. The van der Waals surface area contributed by atoms with Gasteiger partial charge in [-0.25, -0.2) is 9.78 Å². The first kappa shape index (κ1) is 16.0. The molecule has 24 heavy (non-hydrogen) atoms. The zero-order valence-electron chi connectivity index (χ0n) is 14.0. The van der Waals surface area contributed by atoms with E-state index in [0.29, 0.717) is 5.69 Å². The van der Waals surface area contributed by atoms with E-state index in [-0.39, 0.29) is 6.04 Å². The van der Waals surface area contributed by atoms with E-state index < -0.39 is 6.09 Å². The summed E-state index contributed by atoms with van der Waals surface area (Å²) in [5.41, 5.74) is 2.72. The molecule has 7 heteroatoms.